The summed E-state index contributed by atoms with van der Waals surface area (Å²) in [7, 11) is 0. The number of rotatable bonds is 2. The molecule has 0 atom stereocenters. The second-order valence-corrected chi connectivity index (χ2v) is 16.3. The summed E-state index contributed by atoms with van der Waals surface area (Å²) in [6.45, 7) is 4.76. The Morgan fingerprint density at radius 2 is 0.784 bits per heavy atom. The van der Waals surface area contributed by atoms with Crippen molar-refractivity contribution in [3.8, 4) is 11.1 Å². The summed E-state index contributed by atoms with van der Waals surface area (Å²) in [5.74, 6) is 0. The van der Waals surface area contributed by atoms with Gasteiger partial charge in [0.2, 0.25) is 0 Å². The molecule has 8 aromatic carbocycles. The molecule has 0 radical (unpaired) electrons. The number of anilines is 6. The molecule has 0 fully saturated rings. The number of nitrogens with zero attached hydrogens (tertiary/aromatic N) is 2. The van der Waals surface area contributed by atoms with E-state index in [1.807, 2.05) is 23.5 Å². The first-order valence-corrected chi connectivity index (χ1v) is 19.2. The molecular weight excluding hydrogens is 657 g/mol. The maximum atomic E-state index is 2.57. The topological polar surface area (TPSA) is 6.48 Å². The lowest BCUT2D eigenvalue weighted by atomic mass is 9.82. The van der Waals surface area contributed by atoms with Crippen LogP contribution in [-0.4, -0.2) is 0 Å². The lowest BCUT2D eigenvalue weighted by Gasteiger charge is -2.38. The van der Waals surface area contributed by atoms with E-state index in [0.29, 0.717) is 0 Å². The molecule has 0 saturated heterocycles. The maximum Gasteiger partial charge on any atom is 0.0620 e. The lowest BCUT2D eigenvalue weighted by molar-refractivity contribution is 0.660. The molecule has 0 amide bonds. The Labute approximate surface area is 306 Å². The van der Waals surface area contributed by atoms with Crippen molar-refractivity contribution in [2.45, 2.75) is 38.8 Å². The average Bonchev–Trinajstić information content (AvgIpc) is 3.39. The van der Waals surface area contributed by atoms with Crippen LogP contribution < -0.4 is 9.80 Å². The van der Waals surface area contributed by atoms with Gasteiger partial charge in [-0.1, -0.05) is 147 Å². The van der Waals surface area contributed by atoms with Gasteiger partial charge in [-0.15, -0.1) is 0 Å². The molecule has 0 bridgehead atoms. The van der Waals surface area contributed by atoms with Crippen molar-refractivity contribution in [1.29, 1.82) is 0 Å². The summed E-state index contributed by atoms with van der Waals surface area (Å²) in [5, 5.41) is 4.92. The zero-order valence-electron chi connectivity index (χ0n) is 28.2. The van der Waals surface area contributed by atoms with Crippen molar-refractivity contribution in [2.75, 3.05) is 9.80 Å². The van der Waals surface area contributed by atoms with Crippen LogP contribution in [0.25, 0.3) is 32.7 Å². The molecule has 11 rings (SSSR count). The molecule has 51 heavy (non-hydrogen) atoms. The smallest absolute Gasteiger partial charge is 0.0620 e. The molecule has 2 aliphatic heterocycles. The quantitative estimate of drug-likeness (QED) is 0.167. The van der Waals surface area contributed by atoms with Gasteiger partial charge in [0.05, 0.1) is 34.1 Å². The van der Waals surface area contributed by atoms with E-state index in [-0.39, 0.29) is 5.41 Å². The highest BCUT2D eigenvalue weighted by atomic mass is 32.2. The second-order valence-electron chi connectivity index (χ2n) is 14.1. The minimum Gasteiger partial charge on any atom is -0.307 e. The largest absolute Gasteiger partial charge is 0.307 e. The number of fused-ring (bicyclic) bond motifs is 9. The predicted molar refractivity (Wildman–Crippen MR) is 217 cm³/mol. The molecule has 0 spiro atoms. The van der Waals surface area contributed by atoms with Gasteiger partial charge in [-0.25, -0.2) is 0 Å². The first kappa shape index (κ1) is 29.3. The summed E-state index contributed by atoms with van der Waals surface area (Å²) < 4.78 is 0. The van der Waals surface area contributed by atoms with E-state index in [9.17, 15) is 0 Å². The van der Waals surface area contributed by atoms with E-state index in [1.165, 1.54) is 97.5 Å². The van der Waals surface area contributed by atoms with E-state index < -0.39 is 0 Å². The lowest BCUT2D eigenvalue weighted by Crippen LogP contribution is -2.20. The van der Waals surface area contributed by atoms with Crippen molar-refractivity contribution in [2.24, 2.45) is 0 Å². The Hall–Kier alpha value is -5.42. The van der Waals surface area contributed by atoms with E-state index in [0.717, 1.165) is 0 Å². The summed E-state index contributed by atoms with van der Waals surface area (Å²) in [4.78, 5) is 10.2. The van der Waals surface area contributed by atoms with Gasteiger partial charge in [0.25, 0.3) is 0 Å². The van der Waals surface area contributed by atoms with Crippen LogP contribution in [0, 0.1) is 0 Å². The fourth-order valence-electron chi connectivity index (χ4n) is 8.70. The Balaban J connectivity index is 1.24. The zero-order valence-corrected chi connectivity index (χ0v) is 29.9. The van der Waals surface area contributed by atoms with Gasteiger partial charge in [-0.05, 0) is 70.8 Å². The van der Waals surface area contributed by atoms with Gasteiger partial charge in [0, 0.05) is 46.5 Å². The maximum absolute atomic E-state index is 2.57. The van der Waals surface area contributed by atoms with Gasteiger partial charge in [0.15, 0.2) is 0 Å². The Kier molecular flexibility index (Phi) is 6.20. The molecule has 0 N–H and O–H groups in total. The Morgan fingerprint density at radius 1 is 0.373 bits per heavy atom. The van der Waals surface area contributed by atoms with Crippen LogP contribution >= 0.6 is 23.5 Å². The molecule has 8 aromatic rings. The van der Waals surface area contributed by atoms with Crippen molar-refractivity contribution in [3.05, 3.63) is 169 Å². The second kappa shape index (κ2) is 10.8. The fourth-order valence-corrected chi connectivity index (χ4v) is 10.8. The SMILES string of the molecule is CC1(C)c2ccccc2-c2cc3c(cc21)N(c1c2ccccc2c(N2c4ccccc4Sc4ccccc42)c2ccccc12)c1ccccc1S3. The number of para-hydroxylation sites is 3. The van der Waals surface area contributed by atoms with Crippen molar-refractivity contribution >= 4 is 79.2 Å². The average molecular weight is 689 g/mol. The highest BCUT2D eigenvalue weighted by Crippen LogP contribution is 2.61. The monoisotopic (exact) mass is 688 g/mol. The minimum atomic E-state index is -0.102. The standard InChI is InChI=1S/C47H32N2S2/c1-47(2)35-20-8-7-15-29(35)34-27-44-40(28-36(34)47)49(39-23-11-14-26-43(39)51-44)46-32-18-5-3-16-30(32)45(31-17-4-6-19-33(31)46)48-37-21-9-12-24-41(37)50-42-25-13-10-22-38(42)48/h3-28H,1-2H3. The van der Waals surface area contributed by atoms with Crippen LogP contribution in [-0.2, 0) is 5.41 Å². The zero-order chi connectivity index (χ0) is 33.8. The van der Waals surface area contributed by atoms with Crippen LogP contribution in [0.3, 0.4) is 0 Å². The van der Waals surface area contributed by atoms with Crippen molar-refractivity contribution in [1.82, 2.24) is 0 Å². The van der Waals surface area contributed by atoms with Gasteiger partial charge >= 0.3 is 0 Å². The van der Waals surface area contributed by atoms with Gasteiger partial charge in [0.1, 0.15) is 0 Å². The van der Waals surface area contributed by atoms with Crippen LogP contribution in [0.4, 0.5) is 34.1 Å². The molecular formula is C47H32N2S2. The third kappa shape index (κ3) is 4.09. The number of benzene rings is 8. The van der Waals surface area contributed by atoms with Crippen LogP contribution in [0.5, 0.6) is 0 Å². The summed E-state index contributed by atoms with van der Waals surface area (Å²) in [5.41, 5.74) is 12.7. The molecule has 0 aromatic heterocycles. The molecule has 242 valence electrons. The highest BCUT2D eigenvalue weighted by Gasteiger charge is 2.39. The first-order valence-electron chi connectivity index (χ1n) is 17.5. The van der Waals surface area contributed by atoms with Crippen LogP contribution in [0.1, 0.15) is 25.0 Å². The Morgan fingerprint density at radius 3 is 1.31 bits per heavy atom. The fraction of sp³-hybridized carbons (Fsp3) is 0.0638. The summed E-state index contributed by atoms with van der Waals surface area (Å²) in [6, 6.07) is 58.6. The molecule has 2 nitrogen and oxygen atoms in total. The van der Waals surface area contributed by atoms with Crippen molar-refractivity contribution in [3.63, 3.8) is 0 Å². The molecule has 0 unspecified atom stereocenters. The molecule has 4 heteroatoms. The van der Waals surface area contributed by atoms with E-state index >= 15 is 0 Å². The van der Waals surface area contributed by atoms with E-state index in [1.54, 1.807) is 0 Å². The number of hydrogen-bond acceptors (Lipinski definition) is 4. The van der Waals surface area contributed by atoms with Crippen LogP contribution in [0.2, 0.25) is 0 Å². The van der Waals surface area contributed by atoms with Crippen molar-refractivity contribution < 1.29 is 0 Å². The third-order valence-electron chi connectivity index (χ3n) is 11.0. The summed E-state index contributed by atoms with van der Waals surface area (Å²) >= 11 is 3.75. The number of hydrogen-bond donors (Lipinski definition) is 0. The van der Waals surface area contributed by atoms with Gasteiger partial charge < -0.3 is 9.80 Å². The summed E-state index contributed by atoms with van der Waals surface area (Å²) in [6.07, 6.45) is 0. The van der Waals surface area contributed by atoms with Crippen LogP contribution in [0.15, 0.2) is 177 Å². The molecule has 0 saturated carbocycles. The first-order chi connectivity index (χ1) is 25.1. The van der Waals surface area contributed by atoms with Gasteiger partial charge in [-0.3, -0.25) is 0 Å². The Bertz CT molecular complexity index is 2660. The predicted octanol–water partition coefficient (Wildman–Crippen LogP) is 14.2. The highest BCUT2D eigenvalue weighted by molar-refractivity contribution is 8.00. The molecule has 1 aliphatic carbocycles. The van der Waals surface area contributed by atoms with E-state index in [4.69, 9.17) is 0 Å². The minimum absolute atomic E-state index is 0.102. The van der Waals surface area contributed by atoms with Gasteiger partial charge in [-0.2, -0.15) is 0 Å². The van der Waals surface area contributed by atoms with E-state index in [2.05, 4.69) is 181 Å². The third-order valence-corrected chi connectivity index (χ3v) is 13.2. The molecule has 3 aliphatic rings. The normalized spacial score (nSPS) is 14.8. The molecule has 2 heterocycles.